The van der Waals surface area contributed by atoms with E-state index in [0.717, 1.165) is 32.1 Å². The summed E-state index contributed by atoms with van der Waals surface area (Å²) in [6.45, 7) is 1.94. The van der Waals surface area contributed by atoms with Crippen LogP contribution >= 0.6 is 0 Å². The number of allylic oxidation sites excluding steroid dienone is 1. The van der Waals surface area contributed by atoms with Crippen LogP contribution in [0.1, 0.15) is 83.1 Å². The minimum absolute atomic E-state index is 0.143. The summed E-state index contributed by atoms with van der Waals surface area (Å²) in [5.74, 6) is -5.67. The fraction of sp³-hybridized carbons (Fsp3) is 0.541. The molecule has 2 aromatic rings. The van der Waals surface area contributed by atoms with Gasteiger partial charge in [0.2, 0.25) is 5.91 Å². The van der Waals surface area contributed by atoms with E-state index in [-0.39, 0.29) is 24.5 Å². The molecule has 4 N–H and O–H groups in total. The second kappa shape index (κ2) is 21.5. The molecule has 2 rings (SSSR count). The van der Waals surface area contributed by atoms with Crippen LogP contribution in [0.5, 0.6) is 0 Å². The van der Waals surface area contributed by atoms with E-state index in [2.05, 4.69) is 12.2 Å². The first-order chi connectivity index (χ1) is 23.3. The summed E-state index contributed by atoms with van der Waals surface area (Å²) in [7, 11) is -1.75. The molecule has 0 aliphatic heterocycles. The molecule has 0 aliphatic carbocycles. The van der Waals surface area contributed by atoms with Crippen LogP contribution in [0.2, 0.25) is 0 Å². The maximum absolute atomic E-state index is 14.2. The van der Waals surface area contributed by atoms with Crippen LogP contribution in [0.3, 0.4) is 0 Å². The van der Waals surface area contributed by atoms with Crippen LogP contribution in [0.15, 0.2) is 60.7 Å². The van der Waals surface area contributed by atoms with E-state index < -0.39 is 57.5 Å². The van der Waals surface area contributed by atoms with Crippen molar-refractivity contribution in [1.29, 1.82) is 0 Å². The topological polar surface area (TPSA) is 167 Å². The Morgan fingerprint density at radius 2 is 1.53 bits per heavy atom. The molecule has 0 saturated heterocycles. The van der Waals surface area contributed by atoms with Crippen LogP contribution in [0.4, 0.5) is 4.39 Å². The Morgan fingerprint density at radius 1 is 0.918 bits per heavy atom. The molecular weight excluding hydrogens is 653 g/mol. The number of sulfone groups is 1. The van der Waals surface area contributed by atoms with E-state index in [0.29, 0.717) is 48.8 Å². The van der Waals surface area contributed by atoms with E-state index in [9.17, 15) is 42.5 Å². The predicted molar refractivity (Wildman–Crippen MR) is 187 cm³/mol. The highest BCUT2D eigenvalue weighted by molar-refractivity contribution is 7.91. The molecule has 0 aliphatic rings. The number of carboxylic acid groups (broad SMARTS) is 2. The summed E-state index contributed by atoms with van der Waals surface area (Å²) in [6.07, 6.45) is 10.2. The number of carbonyl (C=O) groups excluding carboxylic acids is 1. The Hall–Kier alpha value is -3.61. The van der Waals surface area contributed by atoms with Gasteiger partial charge in [-0.05, 0) is 42.9 Å². The Morgan fingerprint density at radius 3 is 2.10 bits per heavy atom. The Balaban J connectivity index is 2.04. The van der Waals surface area contributed by atoms with Crippen molar-refractivity contribution in [1.82, 2.24) is 5.32 Å². The second-order valence-electron chi connectivity index (χ2n) is 12.4. The van der Waals surface area contributed by atoms with Gasteiger partial charge in [0.05, 0.1) is 17.4 Å². The van der Waals surface area contributed by atoms with Gasteiger partial charge in [0.15, 0.2) is 5.60 Å². The lowest BCUT2D eigenvalue weighted by atomic mass is 9.83. The minimum atomic E-state index is -3.08. The average molecular weight is 706 g/mol. The molecular formula is C37H52FNO9S. The van der Waals surface area contributed by atoms with Crippen molar-refractivity contribution < 1.29 is 47.2 Å². The monoisotopic (exact) mass is 705 g/mol. The molecule has 0 fully saturated rings. The zero-order valence-corrected chi connectivity index (χ0v) is 29.4. The molecule has 0 bridgehead atoms. The molecule has 0 saturated carbocycles. The largest absolute Gasteiger partial charge is 0.480 e. The van der Waals surface area contributed by atoms with Gasteiger partial charge in [0.1, 0.15) is 21.7 Å². The number of ether oxygens (including phenoxy) is 1. The van der Waals surface area contributed by atoms with Gasteiger partial charge < -0.3 is 25.4 Å². The number of carboxylic acids is 2. The van der Waals surface area contributed by atoms with Crippen molar-refractivity contribution in [2.45, 2.75) is 95.6 Å². The number of aliphatic hydroxyl groups is 1. The summed E-state index contributed by atoms with van der Waals surface area (Å²) in [4.78, 5) is 37.9. The smallest absolute Gasteiger partial charge is 0.336 e. The van der Waals surface area contributed by atoms with Crippen molar-refractivity contribution in [3.63, 3.8) is 0 Å². The molecule has 272 valence electrons. The van der Waals surface area contributed by atoms with Crippen LogP contribution in [0, 0.1) is 11.7 Å². The summed E-state index contributed by atoms with van der Waals surface area (Å²) in [6, 6.07) is 11.3. The average Bonchev–Trinajstić information content (AvgIpc) is 3.06. The highest BCUT2D eigenvalue weighted by Crippen LogP contribution is 2.26. The maximum Gasteiger partial charge on any atom is 0.336 e. The van der Waals surface area contributed by atoms with Crippen LogP contribution in [-0.4, -0.2) is 78.4 Å². The number of aliphatic carboxylic acids is 2. The predicted octanol–water partition coefficient (Wildman–Crippen LogP) is 5.96. The van der Waals surface area contributed by atoms with Crippen LogP contribution in [0.25, 0.3) is 11.1 Å². The number of hydrogen-bond donors (Lipinski definition) is 4. The van der Waals surface area contributed by atoms with Gasteiger partial charge in [0, 0.05) is 32.1 Å². The summed E-state index contributed by atoms with van der Waals surface area (Å²) < 4.78 is 43.7. The minimum Gasteiger partial charge on any atom is -0.480 e. The number of methoxy groups -OCH3 is 1. The van der Waals surface area contributed by atoms with Gasteiger partial charge in [-0.15, -0.1) is 0 Å². The van der Waals surface area contributed by atoms with Crippen LogP contribution in [-0.2, 0) is 35.4 Å². The first-order valence-corrected chi connectivity index (χ1v) is 18.9. The third kappa shape index (κ3) is 14.4. The highest BCUT2D eigenvalue weighted by atomic mass is 32.2. The summed E-state index contributed by atoms with van der Waals surface area (Å²) >= 11 is 0. The second-order valence-corrected chi connectivity index (χ2v) is 14.7. The number of hydrogen-bond acceptors (Lipinski definition) is 7. The molecule has 12 heteroatoms. The molecule has 1 amide bonds. The van der Waals surface area contributed by atoms with E-state index in [1.165, 1.54) is 19.3 Å². The zero-order valence-electron chi connectivity index (χ0n) is 28.6. The SMILES string of the molecule is CCCCCCCS(=O)(=O)CCCCCC/C=C/[C@H](C(=O)N[C@@H](Cc1ccc(-c2ccccc2F)cc1)C(=O)O)[C@@](O)(CCOC)C(=O)O. The number of unbranched alkanes of at least 4 members (excludes halogenated alkanes) is 8. The summed E-state index contributed by atoms with van der Waals surface area (Å²) in [5, 5.41) is 33.4. The molecule has 0 heterocycles. The first-order valence-electron chi connectivity index (χ1n) is 17.0. The Kier molecular flexibility index (Phi) is 18.2. The fourth-order valence-electron chi connectivity index (χ4n) is 5.53. The molecule has 3 atom stereocenters. The maximum atomic E-state index is 14.2. The number of rotatable bonds is 25. The first kappa shape index (κ1) is 41.6. The quantitative estimate of drug-likeness (QED) is 0.0720. The van der Waals surface area contributed by atoms with E-state index in [1.807, 2.05) is 0 Å². The number of halogens is 1. The summed E-state index contributed by atoms with van der Waals surface area (Å²) in [5.41, 5.74) is -1.07. The lowest BCUT2D eigenvalue weighted by Gasteiger charge is -2.30. The molecule has 0 unspecified atom stereocenters. The van der Waals surface area contributed by atoms with Gasteiger partial charge in [-0.3, -0.25) is 4.79 Å². The molecule has 10 nitrogen and oxygen atoms in total. The van der Waals surface area contributed by atoms with Crippen LogP contribution < -0.4 is 5.32 Å². The van der Waals surface area contributed by atoms with Gasteiger partial charge >= 0.3 is 11.9 Å². The van der Waals surface area contributed by atoms with Crippen molar-refractivity contribution >= 4 is 27.7 Å². The van der Waals surface area contributed by atoms with Crippen molar-refractivity contribution in [2.75, 3.05) is 25.2 Å². The number of carbonyl (C=O) groups is 3. The van der Waals surface area contributed by atoms with Gasteiger partial charge in [0.25, 0.3) is 0 Å². The molecule has 0 spiro atoms. The normalized spacial score (nSPS) is 14.3. The van der Waals surface area contributed by atoms with E-state index >= 15 is 0 Å². The standard InChI is InChI=1S/C37H52FNO9S/c1-3-4-5-9-14-25-49(46,47)26-15-10-7-6-8-11-17-31(37(45,36(43)44)23-24-48-2)34(40)39-33(35(41)42)27-28-19-21-29(22-20-28)30-16-12-13-18-32(30)38/h11-13,16-22,31,33,45H,3-10,14-15,23-27H2,1-2H3,(H,39,40)(H,41,42)(H,43,44)/b17-11+/t31-,33+,37+/m1/s1. The van der Waals surface area contributed by atoms with E-state index in [4.69, 9.17) is 4.74 Å². The number of nitrogens with one attached hydrogen (secondary N) is 1. The zero-order chi connectivity index (χ0) is 36.3. The van der Waals surface area contributed by atoms with Crippen molar-refractivity contribution in [3.05, 3.63) is 72.1 Å². The molecule has 0 radical (unpaired) electrons. The third-order valence-corrected chi connectivity index (χ3v) is 10.3. The molecule has 0 aromatic heterocycles. The van der Waals surface area contributed by atoms with Gasteiger partial charge in [-0.1, -0.05) is 100 Å². The van der Waals surface area contributed by atoms with E-state index in [1.54, 1.807) is 48.5 Å². The van der Waals surface area contributed by atoms with Crippen molar-refractivity contribution in [2.24, 2.45) is 5.92 Å². The molecule has 49 heavy (non-hydrogen) atoms. The number of benzene rings is 2. The molecule has 2 aromatic carbocycles. The fourth-order valence-corrected chi connectivity index (χ4v) is 7.02. The lowest BCUT2D eigenvalue weighted by molar-refractivity contribution is -0.168. The lowest BCUT2D eigenvalue weighted by Crippen LogP contribution is -2.55. The Labute approximate surface area is 289 Å². The highest BCUT2D eigenvalue weighted by Gasteiger charge is 2.47. The third-order valence-electron chi connectivity index (χ3n) is 8.51. The number of amides is 1. The van der Waals surface area contributed by atoms with Gasteiger partial charge in [-0.2, -0.15) is 0 Å². The van der Waals surface area contributed by atoms with Crippen molar-refractivity contribution in [3.8, 4) is 11.1 Å². The Bertz CT molecular complexity index is 1460. The van der Waals surface area contributed by atoms with Gasteiger partial charge in [-0.25, -0.2) is 22.4 Å².